The first-order chi connectivity index (χ1) is 11.4. The molecular weight excluding hydrogens is 306 g/mol. The molecule has 0 heterocycles. The lowest BCUT2D eigenvalue weighted by molar-refractivity contribution is -0.139. The van der Waals surface area contributed by atoms with Crippen LogP contribution in [0.2, 0.25) is 0 Å². The second kappa shape index (κ2) is 7.75. The molecule has 24 heavy (non-hydrogen) atoms. The van der Waals surface area contributed by atoms with Gasteiger partial charge in [-0.3, -0.25) is 4.79 Å². The van der Waals surface area contributed by atoms with Gasteiger partial charge in [0.05, 0.1) is 6.61 Å². The smallest absolute Gasteiger partial charge is 0.330 e. The average Bonchev–Trinajstić information content (AvgIpc) is 2.56. The molecule has 2 aromatic carbocycles. The van der Waals surface area contributed by atoms with E-state index in [4.69, 9.17) is 4.74 Å². The number of hydrogen-bond acceptors (Lipinski definition) is 3. The number of ether oxygens (including phenoxy) is 1. The Morgan fingerprint density at radius 2 is 1.79 bits per heavy atom. The fraction of sp³-hybridized carbons (Fsp3) is 0.263. The minimum atomic E-state index is -1.09. The Kier molecular flexibility index (Phi) is 5.71. The van der Waals surface area contributed by atoms with Crippen LogP contribution in [0, 0.1) is 13.8 Å². The molecule has 0 radical (unpaired) electrons. The predicted molar refractivity (Wildman–Crippen MR) is 90.9 cm³/mol. The third-order valence-corrected chi connectivity index (χ3v) is 4.01. The third kappa shape index (κ3) is 4.00. The lowest BCUT2D eigenvalue weighted by Gasteiger charge is -2.18. The van der Waals surface area contributed by atoms with Gasteiger partial charge in [0, 0.05) is 12.7 Å². The van der Waals surface area contributed by atoms with Crippen LogP contribution in [-0.4, -0.2) is 24.1 Å². The molecule has 0 aliphatic rings. The van der Waals surface area contributed by atoms with Gasteiger partial charge in [-0.05, 0) is 48.2 Å². The van der Waals surface area contributed by atoms with E-state index in [-0.39, 0.29) is 0 Å². The molecule has 2 rings (SSSR count). The normalized spacial score (nSPS) is 11.8. The standard InChI is InChI=1S/C19H21NO4/c1-12-5-4-6-16(13(12)2)17(19(22)23)20-18(21)15-9-7-14(8-10-15)11-24-3/h4-10,17H,11H2,1-3H3,(H,20,21)(H,22,23). The van der Waals surface area contributed by atoms with Crippen molar-refractivity contribution in [1.29, 1.82) is 0 Å². The summed E-state index contributed by atoms with van der Waals surface area (Å²) in [6.07, 6.45) is 0. The molecule has 1 atom stereocenters. The molecule has 0 aromatic heterocycles. The van der Waals surface area contributed by atoms with Crippen LogP contribution < -0.4 is 5.32 Å². The summed E-state index contributed by atoms with van der Waals surface area (Å²) in [5.74, 6) is -1.51. The zero-order valence-electron chi connectivity index (χ0n) is 14.0. The molecule has 0 saturated heterocycles. The Morgan fingerprint density at radius 3 is 2.38 bits per heavy atom. The Labute approximate surface area is 141 Å². The number of aryl methyl sites for hydroxylation is 1. The van der Waals surface area contributed by atoms with Crippen molar-refractivity contribution in [2.75, 3.05) is 7.11 Å². The number of aliphatic carboxylic acids is 1. The van der Waals surface area contributed by atoms with Gasteiger partial charge in [-0.25, -0.2) is 4.79 Å². The van der Waals surface area contributed by atoms with Gasteiger partial charge in [-0.2, -0.15) is 0 Å². The maximum atomic E-state index is 12.4. The van der Waals surface area contributed by atoms with E-state index in [9.17, 15) is 14.7 Å². The summed E-state index contributed by atoms with van der Waals surface area (Å²) in [5.41, 5.74) is 3.79. The number of benzene rings is 2. The number of hydrogen-bond donors (Lipinski definition) is 2. The van der Waals surface area contributed by atoms with E-state index in [0.29, 0.717) is 17.7 Å². The molecule has 0 fully saturated rings. The second-order valence-electron chi connectivity index (χ2n) is 5.66. The molecule has 0 bridgehead atoms. The van der Waals surface area contributed by atoms with E-state index in [1.165, 1.54) is 0 Å². The van der Waals surface area contributed by atoms with Gasteiger partial charge in [0.15, 0.2) is 6.04 Å². The highest BCUT2D eigenvalue weighted by Crippen LogP contribution is 2.21. The molecule has 0 spiro atoms. The molecule has 126 valence electrons. The van der Waals surface area contributed by atoms with Crippen molar-refractivity contribution in [1.82, 2.24) is 5.32 Å². The predicted octanol–water partition coefficient (Wildman–Crippen LogP) is 3.01. The molecule has 0 aliphatic heterocycles. The summed E-state index contributed by atoms with van der Waals surface area (Å²) in [6, 6.07) is 11.2. The topological polar surface area (TPSA) is 75.6 Å². The van der Waals surface area contributed by atoms with Crippen LogP contribution in [0.15, 0.2) is 42.5 Å². The molecule has 0 aliphatic carbocycles. The van der Waals surface area contributed by atoms with Crippen LogP contribution in [-0.2, 0) is 16.1 Å². The summed E-state index contributed by atoms with van der Waals surface area (Å²) in [5, 5.41) is 12.1. The SMILES string of the molecule is COCc1ccc(C(=O)NC(C(=O)O)c2cccc(C)c2C)cc1. The summed E-state index contributed by atoms with van der Waals surface area (Å²) in [7, 11) is 1.60. The fourth-order valence-electron chi connectivity index (χ4n) is 2.49. The largest absolute Gasteiger partial charge is 0.479 e. The van der Waals surface area contributed by atoms with E-state index in [2.05, 4.69) is 5.32 Å². The molecule has 2 aromatic rings. The number of amides is 1. The summed E-state index contributed by atoms with van der Waals surface area (Å²) in [6.45, 7) is 4.22. The monoisotopic (exact) mass is 327 g/mol. The summed E-state index contributed by atoms with van der Waals surface area (Å²) < 4.78 is 5.03. The van der Waals surface area contributed by atoms with Gasteiger partial charge >= 0.3 is 5.97 Å². The molecule has 2 N–H and O–H groups in total. The number of rotatable bonds is 6. The highest BCUT2D eigenvalue weighted by atomic mass is 16.5. The Morgan fingerprint density at radius 1 is 1.12 bits per heavy atom. The van der Waals surface area contributed by atoms with Crippen molar-refractivity contribution in [3.63, 3.8) is 0 Å². The first-order valence-corrected chi connectivity index (χ1v) is 7.61. The van der Waals surface area contributed by atoms with Crippen LogP contribution in [0.1, 0.15) is 38.7 Å². The number of carbonyl (C=O) groups is 2. The van der Waals surface area contributed by atoms with Gasteiger partial charge < -0.3 is 15.2 Å². The zero-order valence-corrected chi connectivity index (χ0v) is 14.0. The van der Waals surface area contributed by atoms with Gasteiger partial charge in [0.25, 0.3) is 5.91 Å². The molecule has 1 unspecified atom stereocenters. The van der Waals surface area contributed by atoms with E-state index in [0.717, 1.165) is 16.7 Å². The minimum Gasteiger partial charge on any atom is -0.479 e. The fourth-order valence-corrected chi connectivity index (χ4v) is 2.49. The average molecular weight is 327 g/mol. The molecule has 5 nitrogen and oxygen atoms in total. The van der Waals surface area contributed by atoms with Crippen molar-refractivity contribution >= 4 is 11.9 Å². The van der Waals surface area contributed by atoms with Crippen molar-refractivity contribution in [3.05, 3.63) is 70.3 Å². The molecule has 0 saturated carbocycles. The van der Waals surface area contributed by atoms with Crippen LogP contribution in [0.4, 0.5) is 0 Å². The van der Waals surface area contributed by atoms with E-state index in [1.54, 1.807) is 43.5 Å². The van der Waals surface area contributed by atoms with E-state index in [1.807, 2.05) is 19.9 Å². The van der Waals surface area contributed by atoms with E-state index >= 15 is 0 Å². The lowest BCUT2D eigenvalue weighted by atomic mass is 9.97. The van der Waals surface area contributed by atoms with Crippen LogP contribution in [0.25, 0.3) is 0 Å². The molecular formula is C19H21NO4. The summed E-state index contributed by atoms with van der Waals surface area (Å²) in [4.78, 5) is 24.0. The third-order valence-electron chi connectivity index (χ3n) is 4.01. The van der Waals surface area contributed by atoms with E-state index < -0.39 is 17.9 Å². The second-order valence-corrected chi connectivity index (χ2v) is 5.66. The van der Waals surface area contributed by atoms with Crippen molar-refractivity contribution in [2.45, 2.75) is 26.5 Å². The van der Waals surface area contributed by atoms with Crippen molar-refractivity contribution < 1.29 is 19.4 Å². The number of methoxy groups -OCH3 is 1. The Bertz CT molecular complexity index is 738. The number of carboxylic acids is 1. The van der Waals surface area contributed by atoms with Gasteiger partial charge in [0.2, 0.25) is 0 Å². The highest BCUT2D eigenvalue weighted by Gasteiger charge is 2.24. The first kappa shape index (κ1) is 17.7. The number of carbonyl (C=O) groups excluding carboxylic acids is 1. The van der Waals surface area contributed by atoms with Crippen molar-refractivity contribution in [3.8, 4) is 0 Å². The number of carboxylic acid groups (broad SMARTS) is 1. The highest BCUT2D eigenvalue weighted by molar-refractivity contribution is 5.97. The van der Waals surface area contributed by atoms with Crippen LogP contribution in [0.3, 0.4) is 0 Å². The summed E-state index contributed by atoms with van der Waals surface area (Å²) >= 11 is 0. The zero-order chi connectivity index (χ0) is 17.7. The molecule has 1 amide bonds. The van der Waals surface area contributed by atoms with Crippen LogP contribution >= 0.6 is 0 Å². The number of nitrogens with one attached hydrogen (secondary N) is 1. The minimum absolute atomic E-state index is 0.409. The van der Waals surface area contributed by atoms with Gasteiger partial charge in [-0.15, -0.1) is 0 Å². The quantitative estimate of drug-likeness (QED) is 0.855. The first-order valence-electron chi connectivity index (χ1n) is 7.61. The lowest BCUT2D eigenvalue weighted by Crippen LogP contribution is -2.34. The Hall–Kier alpha value is -2.66. The molecule has 5 heteroatoms. The van der Waals surface area contributed by atoms with Gasteiger partial charge in [-0.1, -0.05) is 30.3 Å². The van der Waals surface area contributed by atoms with Crippen molar-refractivity contribution in [2.24, 2.45) is 0 Å². The maximum absolute atomic E-state index is 12.4. The maximum Gasteiger partial charge on any atom is 0.330 e. The van der Waals surface area contributed by atoms with Gasteiger partial charge in [0.1, 0.15) is 0 Å². The Balaban J connectivity index is 2.23. The van der Waals surface area contributed by atoms with Crippen LogP contribution in [0.5, 0.6) is 0 Å².